The van der Waals surface area contributed by atoms with Crippen molar-refractivity contribution < 1.29 is 23.0 Å². The number of amides is 1. The van der Waals surface area contributed by atoms with E-state index in [2.05, 4.69) is 38.8 Å². The van der Waals surface area contributed by atoms with Crippen molar-refractivity contribution in [2.45, 2.75) is 69.7 Å². The number of aromatic nitrogens is 3. The molecule has 0 radical (unpaired) electrons. The van der Waals surface area contributed by atoms with E-state index >= 15 is 4.39 Å². The van der Waals surface area contributed by atoms with Crippen molar-refractivity contribution in [3.05, 3.63) is 78.0 Å². The molecule has 11 heteroatoms. The molecule has 6 heterocycles. The van der Waals surface area contributed by atoms with Crippen LogP contribution in [-0.2, 0) is 4.74 Å². The lowest BCUT2D eigenvalue weighted by Crippen LogP contribution is -2.57. The van der Waals surface area contributed by atoms with E-state index in [9.17, 15) is 9.18 Å². The number of anilines is 1. The fourth-order valence-corrected chi connectivity index (χ4v) is 8.55. The van der Waals surface area contributed by atoms with Gasteiger partial charge in [-0.15, -0.1) is 6.42 Å². The molecule has 4 aliphatic heterocycles. The maximum absolute atomic E-state index is 17.0. The molecule has 0 N–H and O–H groups in total. The van der Waals surface area contributed by atoms with Crippen LogP contribution >= 0.6 is 0 Å². The number of carbonyl (C=O) groups is 1. The summed E-state index contributed by atoms with van der Waals surface area (Å²) in [4.78, 5) is 33.7. The number of pyridine rings is 1. The summed E-state index contributed by atoms with van der Waals surface area (Å²) in [5.74, 6) is 1.65. The quantitative estimate of drug-likeness (QED) is 0.163. The Morgan fingerprint density at radius 1 is 1.06 bits per heavy atom. The minimum absolute atomic E-state index is 0.00966. The summed E-state index contributed by atoms with van der Waals surface area (Å²) in [7, 11) is 0. The van der Waals surface area contributed by atoms with E-state index in [4.69, 9.17) is 20.9 Å². The number of piperazine rings is 1. The number of terminal acetylenes is 1. The first-order valence-electron chi connectivity index (χ1n) is 17.4. The predicted molar refractivity (Wildman–Crippen MR) is 193 cm³/mol. The number of nitrogens with zero attached hydrogens (tertiary/aromatic N) is 6. The third-order valence-electron chi connectivity index (χ3n) is 10.6. The summed E-state index contributed by atoms with van der Waals surface area (Å²) >= 11 is 0. The zero-order valence-electron chi connectivity index (χ0n) is 29.1. The molecule has 262 valence electrons. The third kappa shape index (κ3) is 5.66. The van der Waals surface area contributed by atoms with Crippen molar-refractivity contribution in [1.29, 1.82) is 0 Å². The van der Waals surface area contributed by atoms with Crippen LogP contribution in [0.1, 0.15) is 52.0 Å². The Labute approximate surface area is 296 Å². The average Bonchev–Trinajstić information content (AvgIpc) is 3.65. The molecule has 0 spiro atoms. The van der Waals surface area contributed by atoms with Crippen molar-refractivity contribution in [3.63, 3.8) is 0 Å². The van der Waals surface area contributed by atoms with Crippen LogP contribution in [0.4, 0.5) is 19.4 Å². The first-order chi connectivity index (χ1) is 24.3. The van der Waals surface area contributed by atoms with E-state index in [1.807, 2.05) is 25.7 Å². The highest BCUT2D eigenvalue weighted by atomic mass is 19.1. The lowest BCUT2D eigenvalue weighted by molar-refractivity contribution is 0.0122. The monoisotopic (exact) mass is 690 g/mol. The number of hydrogen-bond donors (Lipinski definition) is 0. The van der Waals surface area contributed by atoms with Crippen LogP contribution < -0.4 is 9.64 Å². The van der Waals surface area contributed by atoms with Gasteiger partial charge in [0.1, 0.15) is 35.1 Å². The first kappa shape index (κ1) is 33.1. The molecule has 2 aromatic carbocycles. The number of hydrogen-bond acceptors (Lipinski definition) is 8. The minimum Gasteiger partial charge on any atom is -0.461 e. The van der Waals surface area contributed by atoms with Gasteiger partial charge in [0.25, 0.3) is 0 Å². The zero-order chi connectivity index (χ0) is 35.8. The van der Waals surface area contributed by atoms with E-state index in [0.717, 1.165) is 49.9 Å². The van der Waals surface area contributed by atoms with Crippen LogP contribution in [0.2, 0.25) is 0 Å². The second kappa shape index (κ2) is 12.0. The lowest BCUT2D eigenvalue weighted by atomic mass is 9.92. The van der Waals surface area contributed by atoms with Crippen LogP contribution in [-0.4, -0.2) is 86.9 Å². The Morgan fingerprint density at radius 2 is 1.76 bits per heavy atom. The van der Waals surface area contributed by atoms with Gasteiger partial charge in [0.05, 0.1) is 28.6 Å². The first-order valence-corrected chi connectivity index (χ1v) is 17.4. The number of ether oxygens (including phenoxy) is 2. The second-order valence-corrected chi connectivity index (χ2v) is 15.4. The Bertz CT molecular complexity index is 2160. The molecule has 2 unspecified atom stereocenters. The topological polar surface area (TPSA) is 83.9 Å². The van der Waals surface area contributed by atoms with Crippen molar-refractivity contribution in [3.8, 4) is 29.6 Å². The van der Waals surface area contributed by atoms with Crippen LogP contribution in [0, 0.1) is 24.0 Å². The smallest absolute Gasteiger partial charge is 0.410 e. The summed E-state index contributed by atoms with van der Waals surface area (Å²) in [6, 6.07) is 7.98. The molecular formula is C40H40F2N6O3. The maximum Gasteiger partial charge on any atom is 0.410 e. The third-order valence-corrected chi connectivity index (χ3v) is 10.6. The van der Waals surface area contributed by atoms with Crippen molar-refractivity contribution >= 4 is 33.6 Å². The summed E-state index contributed by atoms with van der Waals surface area (Å²) in [6.07, 6.45) is 10.1. The van der Waals surface area contributed by atoms with Gasteiger partial charge >= 0.3 is 12.1 Å². The van der Waals surface area contributed by atoms with Gasteiger partial charge in [-0.1, -0.05) is 54.5 Å². The van der Waals surface area contributed by atoms with Crippen molar-refractivity contribution in [2.75, 3.05) is 37.7 Å². The minimum atomic E-state index is -0.695. The van der Waals surface area contributed by atoms with Gasteiger partial charge in [-0.05, 0) is 57.9 Å². The van der Waals surface area contributed by atoms with Gasteiger partial charge in [-0.2, -0.15) is 9.97 Å². The molecule has 4 fully saturated rings. The zero-order valence-corrected chi connectivity index (χ0v) is 29.1. The van der Waals surface area contributed by atoms with Crippen molar-refractivity contribution in [1.82, 2.24) is 24.8 Å². The number of rotatable bonds is 5. The molecule has 51 heavy (non-hydrogen) atoms. The Morgan fingerprint density at radius 3 is 2.43 bits per heavy atom. The molecule has 8 rings (SSSR count). The second-order valence-electron chi connectivity index (χ2n) is 15.4. The van der Waals surface area contributed by atoms with E-state index in [-0.39, 0.29) is 53.1 Å². The molecule has 4 aromatic rings. The standard InChI is InChI=1S/C40H40F2N6O3/c1-7-28-31(41)14-11-25-9-8-10-29(32(25)28)34-33(42)35-30(17-43-34)36(46-20-26-12-13-27(21-46)48(26)38(49)51-39(4,5)6)45-37(44-35)50-22-40-15-23(2)18-47(40)19-24(3)16-40/h1,8-11,14,17,26-27H,2-3,12-13,15-16,18-22H2,4-6H3. The molecule has 0 saturated carbocycles. The van der Waals surface area contributed by atoms with E-state index < -0.39 is 17.2 Å². The van der Waals surface area contributed by atoms with Crippen LogP contribution in [0.25, 0.3) is 32.9 Å². The number of halogens is 2. The highest BCUT2D eigenvalue weighted by Gasteiger charge is 2.48. The summed E-state index contributed by atoms with van der Waals surface area (Å²) < 4.78 is 44.1. The molecule has 4 aliphatic rings. The van der Waals surface area contributed by atoms with Gasteiger partial charge in [0.15, 0.2) is 5.82 Å². The molecular weight excluding hydrogens is 650 g/mol. The van der Waals surface area contributed by atoms with E-state index in [1.54, 1.807) is 30.5 Å². The molecule has 1 amide bonds. The highest BCUT2D eigenvalue weighted by Crippen LogP contribution is 2.44. The molecule has 9 nitrogen and oxygen atoms in total. The molecule has 2 bridgehead atoms. The van der Waals surface area contributed by atoms with Crippen LogP contribution in [0.3, 0.4) is 0 Å². The fraction of sp³-hybridized carbons (Fsp3) is 0.400. The maximum atomic E-state index is 17.0. The molecule has 2 atom stereocenters. The predicted octanol–water partition coefficient (Wildman–Crippen LogP) is 7.03. The SMILES string of the molecule is C#Cc1c(F)ccc2cccc(-c3ncc4c(N5CC6CCC(C5)N6C(=O)OC(C)(C)C)nc(OCC56CC(=C)CN5CC(=C)C6)nc4c3F)c12. The summed E-state index contributed by atoms with van der Waals surface area (Å²) in [6.45, 7) is 16.8. The summed E-state index contributed by atoms with van der Waals surface area (Å²) in [5.41, 5.74) is 1.74. The van der Waals surface area contributed by atoms with Gasteiger partial charge in [-0.25, -0.2) is 13.6 Å². The van der Waals surface area contributed by atoms with E-state index in [1.165, 1.54) is 6.07 Å². The van der Waals surface area contributed by atoms with Crippen LogP contribution in [0.15, 0.2) is 60.8 Å². The molecule has 0 aliphatic carbocycles. The Balaban J connectivity index is 1.22. The number of benzene rings is 2. The summed E-state index contributed by atoms with van der Waals surface area (Å²) in [5, 5.41) is 1.46. The molecule has 4 saturated heterocycles. The van der Waals surface area contributed by atoms with Gasteiger partial charge in [-0.3, -0.25) is 14.8 Å². The van der Waals surface area contributed by atoms with Gasteiger partial charge < -0.3 is 14.4 Å². The number of carbonyl (C=O) groups excluding carboxylic acids is 1. The Hall–Kier alpha value is -5.08. The Kier molecular flexibility index (Phi) is 7.79. The largest absolute Gasteiger partial charge is 0.461 e. The fourth-order valence-electron chi connectivity index (χ4n) is 8.55. The highest BCUT2D eigenvalue weighted by molar-refractivity contribution is 6.02. The van der Waals surface area contributed by atoms with Gasteiger partial charge in [0.2, 0.25) is 0 Å². The van der Waals surface area contributed by atoms with Crippen LogP contribution in [0.5, 0.6) is 6.01 Å². The van der Waals surface area contributed by atoms with E-state index in [0.29, 0.717) is 40.6 Å². The average molecular weight is 691 g/mol. The number of fused-ring (bicyclic) bond motifs is 5. The molecule has 2 aromatic heterocycles. The lowest BCUT2D eigenvalue weighted by Gasteiger charge is -2.42. The van der Waals surface area contributed by atoms with Gasteiger partial charge in [0, 0.05) is 43.3 Å². The normalized spacial score (nSPS) is 21.4. The van der Waals surface area contributed by atoms with Crippen molar-refractivity contribution in [2.24, 2.45) is 0 Å².